The number of hydrogen-bond acceptors (Lipinski definition) is 3. The maximum absolute atomic E-state index is 13.1. The number of amides is 1. The molecule has 0 spiro atoms. The standard InChI is InChI=1S/C24H20N2OS/c27-23(22(18-10-4-1-5-11-18)19-12-6-2-7-13-19)25-16-21-17-28-24(26-21)20-14-8-3-9-15-20/h1-15,17,22H,16H2,(H,25,27). The fourth-order valence-corrected chi connectivity index (χ4v) is 3.99. The summed E-state index contributed by atoms with van der Waals surface area (Å²) in [7, 11) is 0. The lowest BCUT2D eigenvalue weighted by Gasteiger charge is -2.17. The number of rotatable bonds is 6. The van der Waals surface area contributed by atoms with Crippen LogP contribution in [0.4, 0.5) is 0 Å². The number of carbonyl (C=O) groups excluding carboxylic acids is 1. The third kappa shape index (κ3) is 4.18. The monoisotopic (exact) mass is 384 g/mol. The summed E-state index contributed by atoms with van der Waals surface area (Å²) >= 11 is 1.59. The number of aromatic nitrogens is 1. The van der Waals surface area contributed by atoms with Crippen LogP contribution in [0.3, 0.4) is 0 Å². The molecule has 0 unspecified atom stereocenters. The predicted molar refractivity (Wildman–Crippen MR) is 114 cm³/mol. The molecular formula is C24H20N2OS. The first kappa shape index (κ1) is 18.1. The van der Waals surface area contributed by atoms with Gasteiger partial charge in [-0.3, -0.25) is 4.79 Å². The van der Waals surface area contributed by atoms with Crippen molar-refractivity contribution in [1.29, 1.82) is 0 Å². The number of benzene rings is 3. The van der Waals surface area contributed by atoms with E-state index in [-0.39, 0.29) is 11.8 Å². The average molecular weight is 385 g/mol. The van der Waals surface area contributed by atoms with Gasteiger partial charge in [0.25, 0.3) is 0 Å². The van der Waals surface area contributed by atoms with Crippen LogP contribution in [0.5, 0.6) is 0 Å². The van der Waals surface area contributed by atoms with Gasteiger partial charge in [0.05, 0.1) is 18.2 Å². The van der Waals surface area contributed by atoms with E-state index in [9.17, 15) is 4.79 Å². The van der Waals surface area contributed by atoms with E-state index in [1.165, 1.54) is 0 Å². The van der Waals surface area contributed by atoms with Gasteiger partial charge in [0, 0.05) is 10.9 Å². The van der Waals surface area contributed by atoms with Gasteiger partial charge in [-0.1, -0.05) is 91.0 Å². The molecule has 0 aliphatic heterocycles. The van der Waals surface area contributed by atoms with Gasteiger partial charge >= 0.3 is 0 Å². The summed E-state index contributed by atoms with van der Waals surface area (Å²) in [5.74, 6) is -0.360. The lowest BCUT2D eigenvalue weighted by atomic mass is 9.90. The number of thiazole rings is 1. The van der Waals surface area contributed by atoms with Crippen molar-refractivity contribution in [2.75, 3.05) is 0 Å². The zero-order valence-corrected chi connectivity index (χ0v) is 16.1. The highest BCUT2D eigenvalue weighted by atomic mass is 32.1. The summed E-state index contributed by atoms with van der Waals surface area (Å²) in [6.45, 7) is 0.415. The molecule has 3 aromatic carbocycles. The molecule has 4 heteroatoms. The number of hydrogen-bond donors (Lipinski definition) is 1. The first-order chi connectivity index (χ1) is 13.8. The summed E-state index contributed by atoms with van der Waals surface area (Å²) < 4.78 is 0. The van der Waals surface area contributed by atoms with Crippen LogP contribution >= 0.6 is 11.3 Å². The van der Waals surface area contributed by atoms with Crippen LogP contribution in [0, 0.1) is 0 Å². The molecule has 1 heterocycles. The van der Waals surface area contributed by atoms with E-state index < -0.39 is 0 Å². The summed E-state index contributed by atoms with van der Waals surface area (Å²) in [5, 5.41) is 6.03. The Balaban J connectivity index is 1.50. The van der Waals surface area contributed by atoms with E-state index in [1.807, 2.05) is 96.4 Å². The Morgan fingerprint density at radius 3 is 1.93 bits per heavy atom. The van der Waals surface area contributed by atoms with Gasteiger partial charge in [0.15, 0.2) is 0 Å². The molecule has 4 aromatic rings. The molecule has 0 aliphatic carbocycles. The van der Waals surface area contributed by atoms with E-state index in [2.05, 4.69) is 10.3 Å². The van der Waals surface area contributed by atoms with Crippen LogP contribution in [0.15, 0.2) is 96.4 Å². The van der Waals surface area contributed by atoms with Gasteiger partial charge in [-0.05, 0) is 11.1 Å². The first-order valence-electron chi connectivity index (χ1n) is 9.19. The first-order valence-corrected chi connectivity index (χ1v) is 10.1. The molecule has 0 bridgehead atoms. The molecule has 3 nitrogen and oxygen atoms in total. The van der Waals surface area contributed by atoms with E-state index in [1.54, 1.807) is 11.3 Å². The summed E-state index contributed by atoms with van der Waals surface area (Å²) in [4.78, 5) is 17.7. The highest BCUT2D eigenvalue weighted by Crippen LogP contribution is 2.26. The number of carbonyl (C=O) groups is 1. The smallest absolute Gasteiger partial charge is 0.232 e. The van der Waals surface area contributed by atoms with Crippen molar-refractivity contribution in [1.82, 2.24) is 10.3 Å². The van der Waals surface area contributed by atoms with Crippen LogP contribution in [-0.4, -0.2) is 10.9 Å². The van der Waals surface area contributed by atoms with Gasteiger partial charge in [0.2, 0.25) is 5.91 Å². The largest absolute Gasteiger partial charge is 0.350 e. The molecule has 28 heavy (non-hydrogen) atoms. The van der Waals surface area contributed by atoms with Crippen molar-refractivity contribution in [3.63, 3.8) is 0 Å². The van der Waals surface area contributed by atoms with E-state index in [0.29, 0.717) is 6.54 Å². The summed E-state index contributed by atoms with van der Waals surface area (Å²) in [5.41, 5.74) is 3.93. The van der Waals surface area contributed by atoms with Crippen molar-refractivity contribution in [2.24, 2.45) is 0 Å². The Kier molecular flexibility index (Phi) is 5.59. The van der Waals surface area contributed by atoms with Crippen LogP contribution < -0.4 is 5.32 Å². The molecule has 0 saturated heterocycles. The molecular weight excluding hydrogens is 364 g/mol. The molecule has 4 rings (SSSR count). The van der Waals surface area contributed by atoms with Gasteiger partial charge in [-0.15, -0.1) is 11.3 Å². The molecule has 0 saturated carbocycles. The Hall–Kier alpha value is -3.24. The zero-order valence-electron chi connectivity index (χ0n) is 15.3. The minimum atomic E-state index is -0.338. The van der Waals surface area contributed by atoms with Gasteiger partial charge in [-0.2, -0.15) is 0 Å². The second kappa shape index (κ2) is 8.63. The Labute approximate surface area is 168 Å². The quantitative estimate of drug-likeness (QED) is 0.493. The molecule has 138 valence electrons. The van der Waals surface area contributed by atoms with Crippen LogP contribution in [0.1, 0.15) is 22.7 Å². The molecule has 0 aliphatic rings. The molecule has 1 aromatic heterocycles. The summed E-state index contributed by atoms with van der Waals surface area (Å²) in [6.07, 6.45) is 0. The van der Waals surface area contributed by atoms with Crippen molar-refractivity contribution in [3.8, 4) is 10.6 Å². The third-order valence-electron chi connectivity index (χ3n) is 4.54. The number of nitrogens with zero attached hydrogens (tertiary/aromatic N) is 1. The summed E-state index contributed by atoms with van der Waals surface area (Å²) in [6, 6.07) is 29.8. The lowest BCUT2D eigenvalue weighted by molar-refractivity contribution is -0.121. The van der Waals surface area contributed by atoms with Gasteiger partial charge in [-0.25, -0.2) is 4.98 Å². The minimum absolute atomic E-state index is 0.0216. The third-order valence-corrected chi connectivity index (χ3v) is 5.48. The average Bonchev–Trinajstić information content (AvgIpc) is 3.24. The van der Waals surface area contributed by atoms with E-state index in [4.69, 9.17) is 0 Å². The van der Waals surface area contributed by atoms with Gasteiger partial charge < -0.3 is 5.32 Å². The lowest BCUT2D eigenvalue weighted by Crippen LogP contribution is -2.29. The molecule has 0 fully saturated rings. The molecule has 1 N–H and O–H groups in total. The van der Waals surface area contributed by atoms with Gasteiger partial charge in [0.1, 0.15) is 5.01 Å². The highest BCUT2D eigenvalue weighted by molar-refractivity contribution is 7.13. The Morgan fingerprint density at radius 1 is 0.821 bits per heavy atom. The van der Waals surface area contributed by atoms with Crippen molar-refractivity contribution < 1.29 is 4.79 Å². The van der Waals surface area contributed by atoms with Crippen LogP contribution in [0.2, 0.25) is 0 Å². The second-order valence-electron chi connectivity index (χ2n) is 6.48. The maximum atomic E-state index is 13.1. The second-order valence-corrected chi connectivity index (χ2v) is 7.34. The van der Waals surface area contributed by atoms with Crippen LogP contribution in [0.25, 0.3) is 10.6 Å². The minimum Gasteiger partial charge on any atom is -0.350 e. The van der Waals surface area contributed by atoms with E-state index >= 15 is 0 Å². The Morgan fingerprint density at radius 2 is 1.36 bits per heavy atom. The van der Waals surface area contributed by atoms with E-state index in [0.717, 1.165) is 27.4 Å². The molecule has 1 amide bonds. The SMILES string of the molecule is O=C(NCc1csc(-c2ccccc2)n1)C(c1ccccc1)c1ccccc1. The molecule has 0 atom stereocenters. The Bertz CT molecular complexity index is 990. The zero-order chi connectivity index (χ0) is 19.2. The fourth-order valence-electron chi connectivity index (χ4n) is 3.17. The van der Waals surface area contributed by atoms with Crippen molar-refractivity contribution >= 4 is 17.2 Å². The number of nitrogens with one attached hydrogen (secondary N) is 1. The predicted octanol–water partition coefficient (Wildman–Crippen LogP) is 5.26. The topological polar surface area (TPSA) is 42.0 Å². The van der Waals surface area contributed by atoms with Crippen molar-refractivity contribution in [2.45, 2.75) is 12.5 Å². The highest BCUT2D eigenvalue weighted by Gasteiger charge is 2.22. The normalized spacial score (nSPS) is 10.8. The maximum Gasteiger partial charge on any atom is 0.232 e. The molecule has 0 radical (unpaired) electrons. The fraction of sp³-hybridized carbons (Fsp3) is 0.0833. The van der Waals surface area contributed by atoms with Crippen molar-refractivity contribution in [3.05, 3.63) is 113 Å². The van der Waals surface area contributed by atoms with Crippen LogP contribution in [-0.2, 0) is 11.3 Å².